The van der Waals surface area contributed by atoms with Crippen molar-refractivity contribution in [2.24, 2.45) is 5.92 Å². The van der Waals surface area contributed by atoms with Gasteiger partial charge in [0.25, 0.3) is 0 Å². The SMILES string of the molecule is CCn1ncc(Cl)c1C(=O)C1CC1. The van der Waals surface area contributed by atoms with E-state index in [2.05, 4.69) is 5.10 Å². The number of hydrogen-bond acceptors (Lipinski definition) is 2. The van der Waals surface area contributed by atoms with Gasteiger partial charge in [-0.05, 0) is 19.8 Å². The van der Waals surface area contributed by atoms with E-state index in [1.165, 1.54) is 0 Å². The molecule has 0 N–H and O–H groups in total. The fraction of sp³-hybridized carbons (Fsp3) is 0.556. The highest BCUT2D eigenvalue weighted by Crippen LogP contribution is 2.34. The lowest BCUT2D eigenvalue weighted by atomic mass is 10.2. The molecule has 0 aliphatic heterocycles. The molecule has 0 saturated heterocycles. The standard InChI is InChI=1S/C9H11ClN2O/c1-2-12-8(7(10)5-11-12)9(13)6-3-4-6/h5-6H,2-4H2,1H3. The van der Waals surface area contributed by atoms with Crippen molar-refractivity contribution in [1.29, 1.82) is 0 Å². The normalized spacial score (nSPS) is 16.2. The highest BCUT2D eigenvalue weighted by Gasteiger charge is 2.33. The molecule has 1 saturated carbocycles. The molecule has 0 aromatic carbocycles. The summed E-state index contributed by atoms with van der Waals surface area (Å²) in [4.78, 5) is 11.7. The summed E-state index contributed by atoms with van der Waals surface area (Å²) in [5.41, 5.74) is 0.590. The Labute approximate surface area is 81.7 Å². The van der Waals surface area contributed by atoms with Gasteiger partial charge in [-0.25, -0.2) is 0 Å². The van der Waals surface area contributed by atoms with Crippen molar-refractivity contribution in [3.05, 3.63) is 16.9 Å². The van der Waals surface area contributed by atoms with Gasteiger partial charge in [-0.1, -0.05) is 11.6 Å². The Bertz CT molecular complexity index is 341. The van der Waals surface area contributed by atoms with Gasteiger partial charge in [-0.2, -0.15) is 5.10 Å². The van der Waals surface area contributed by atoms with Crippen molar-refractivity contribution in [2.75, 3.05) is 0 Å². The van der Waals surface area contributed by atoms with Gasteiger partial charge in [0, 0.05) is 12.5 Å². The Morgan fingerprint density at radius 3 is 3.00 bits per heavy atom. The maximum absolute atomic E-state index is 11.7. The molecular formula is C9H11ClN2O. The van der Waals surface area contributed by atoms with Crippen molar-refractivity contribution in [3.63, 3.8) is 0 Å². The number of aromatic nitrogens is 2. The molecule has 1 aromatic heterocycles. The third kappa shape index (κ3) is 1.48. The molecule has 0 radical (unpaired) electrons. The highest BCUT2D eigenvalue weighted by atomic mass is 35.5. The molecule has 0 bridgehead atoms. The van der Waals surface area contributed by atoms with Crippen LogP contribution in [0.2, 0.25) is 5.02 Å². The molecule has 3 nitrogen and oxygen atoms in total. The summed E-state index contributed by atoms with van der Waals surface area (Å²) in [7, 11) is 0. The minimum atomic E-state index is 0.157. The minimum absolute atomic E-state index is 0.157. The van der Waals surface area contributed by atoms with Gasteiger partial charge in [-0.3, -0.25) is 9.48 Å². The van der Waals surface area contributed by atoms with Crippen molar-refractivity contribution >= 4 is 17.4 Å². The first kappa shape index (κ1) is 8.75. The Balaban J connectivity index is 2.35. The average Bonchev–Trinajstić information content (AvgIpc) is 2.89. The van der Waals surface area contributed by atoms with Crippen LogP contribution >= 0.6 is 11.6 Å². The molecule has 1 fully saturated rings. The van der Waals surface area contributed by atoms with E-state index in [0.29, 0.717) is 17.3 Å². The molecule has 0 spiro atoms. The van der Waals surface area contributed by atoms with Crippen molar-refractivity contribution in [3.8, 4) is 0 Å². The number of ketones is 1. The van der Waals surface area contributed by atoms with E-state index in [4.69, 9.17) is 11.6 Å². The van der Waals surface area contributed by atoms with Crippen LogP contribution in [-0.2, 0) is 6.54 Å². The van der Waals surface area contributed by atoms with Gasteiger partial charge in [0.2, 0.25) is 0 Å². The molecule has 1 aliphatic rings. The molecular weight excluding hydrogens is 188 g/mol. The molecule has 2 rings (SSSR count). The number of halogens is 1. The zero-order chi connectivity index (χ0) is 9.42. The highest BCUT2D eigenvalue weighted by molar-refractivity contribution is 6.33. The smallest absolute Gasteiger partial charge is 0.185 e. The van der Waals surface area contributed by atoms with Crippen molar-refractivity contribution < 1.29 is 4.79 Å². The third-order valence-corrected chi connectivity index (χ3v) is 2.55. The van der Waals surface area contributed by atoms with E-state index in [1.807, 2.05) is 6.92 Å². The van der Waals surface area contributed by atoms with Crippen molar-refractivity contribution in [1.82, 2.24) is 9.78 Å². The van der Waals surface area contributed by atoms with E-state index in [1.54, 1.807) is 10.9 Å². The van der Waals surface area contributed by atoms with Gasteiger partial charge in [0.05, 0.1) is 11.2 Å². The first-order valence-corrected chi connectivity index (χ1v) is 4.87. The number of rotatable bonds is 3. The summed E-state index contributed by atoms with van der Waals surface area (Å²) in [5, 5.41) is 4.51. The van der Waals surface area contributed by atoms with Crippen LogP contribution < -0.4 is 0 Å². The van der Waals surface area contributed by atoms with E-state index in [0.717, 1.165) is 12.8 Å². The molecule has 1 aromatic rings. The lowest BCUT2D eigenvalue weighted by Crippen LogP contribution is -2.11. The zero-order valence-electron chi connectivity index (χ0n) is 7.46. The zero-order valence-corrected chi connectivity index (χ0v) is 8.21. The Kier molecular flexibility index (Phi) is 2.12. The predicted molar refractivity (Wildman–Crippen MR) is 50.0 cm³/mol. The first-order chi connectivity index (χ1) is 6.24. The third-order valence-electron chi connectivity index (χ3n) is 2.28. The Morgan fingerprint density at radius 1 is 1.77 bits per heavy atom. The molecule has 4 heteroatoms. The van der Waals surface area contributed by atoms with E-state index < -0.39 is 0 Å². The Morgan fingerprint density at radius 2 is 2.46 bits per heavy atom. The molecule has 0 amide bonds. The number of carbonyl (C=O) groups excluding carboxylic acids is 1. The van der Waals surface area contributed by atoms with E-state index >= 15 is 0 Å². The van der Waals surface area contributed by atoms with E-state index in [-0.39, 0.29) is 11.7 Å². The molecule has 0 unspecified atom stereocenters. The number of carbonyl (C=O) groups is 1. The van der Waals surface area contributed by atoms with Crippen LogP contribution in [0.15, 0.2) is 6.20 Å². The fourth-order valence-electron chi connectivity index (χ4n) is 1.39. The summed E-state index contributed by atoms with van der Waals surface area (Å²) < 4.78 is 1.67. The van der Waals surface area contributed by atoms with Gasteiger partial charge in [-0.15, -0.1) is 0 Å². The summed E-state index contributed by atoms with van der Waals surface area (Å²) >= 11 is 5.89. The second-order valence-electron chi connectivity index (χ2n) is 3.30. The van der Waals surface area contributed by atoms with Crippen molar-refractivity contribution in [2.45, 2.75) is 26.3 Å². The van der Waals surface area contributed by atoms with Crippen LogP contribution in [0, 0.1) is 5.92 Å². The van der Waals surface area contributed by atoms with Crippen LogP contribution in [0.3, 0.4) is 0 Å². The molecule has 13 heavy (non-hydrogen) atoms. The van der Waals surface area contributed by atoms with Gasteiger partial charge in [0.15, 0.2) is 5.78 Å². The lowest BCUT2D eigenvalue weighted by molar-refractivity contribution is 0.0957. The summed E-state index contributed by atoms with van der Waals surface area (Å²) in [6.45, 7) is 2.65. The van der Waals surface area contributed by atoms with Crippen LogP contribution in [0.5, 0.6) is 0 Å². The molecule has 1 aliphatic carbocycles. The summed E-state index contributed by atoms with van der Waals surface area (Å²) in [6.07, 6.45) is 3.55. The topological polar surface area (TPSA) is 34.9 Å². The predicted octanol–water partition coefficient (Wildman–Crippen LogP) is 2.15. The lowest BCUT2D eigenvalue weighted by Gasteiger charge is -2.02. The largest absolute Gasteiger partial charge is 0.292 e. The molecule has 0 atom stereocenters. The number of nitrogens with zero attached hydrogens (tertiary/aromatic N) is 2. The van der Waals surface area contributed by atoms with Crippen LogP contribution in [0.4, 0.5) is 0 Å². The van der Waals surface area contributed by atoms with Gasteiger partial charge in [0.1, 0.15) is 5.69 Å². The van der Waals surface area contributed by atoms with Crippen LogP contribution in [-0.4, -0.2) is 15.6 Å². The first-order valence-electron chi connectivity index (χ1n) is 4.49. The summed E-state index contributed by atoms with van der Waals surface area (Å²) in [6, 6.07) is 0. The second-order valence-corrected chi connectivity index (χ2v) is 3.70. The van der Waals surface area contributed by atoms with Crippen LogP contribution in [0.25, 0.3) is 0 Å². The number of aryl methyl sites for hydroxylation is 1. The molecule has 70 valence electrons. The van der Waals surface area contributed by atoms with Gasteiger partial charge < -0.3 is 0 Å². The number of Topliss-reactive ketones (excluding diaryl/α,β-unsaturated/α-hetero) is 1. The summed E-state index contributed by atoms with van der Waals surface area (Å²) in [5.74, 6) is 0.365. The van der Waals surface area contributed by atoms with Crippen LogP contribution in [0.1, 0.15) is 30.3 Å². The maximum atomic E-state index is 11.7. The minimum Gasteiger partial charge on any atom is -0.292 e. The quantitative estimate of drug-likeness (QED) is 0.698. The van der Waals surface area contributed by atoms with Gasteiger partial charge >= 0.3 is 0 Å². The van der Waals surface area contributed by atoms with E-state index in [9.17, 15) is 4.79 Å². The molecule has 1 heterocycles. The number of hydrogen-bond donors (Lipinski definition) is 0. The second kappa shape index (κ2) is 3.14. The maximum Gasteiger partial charge on any atom is 0.185 e. The monoisotopic (exact) mass is 198 g/mol. The average molecular weight is 199 g/mol. The fourth-order valence-corrected chi connectivity index (χ4v) is 1.62. The Hall–Kier alpha value is -0.830.